The van der Waals surface area contributed by atoms with E-state index in [-0.39, 0.29) is 4.90 Å². The van der Waals surface area contributed by atoms with Crippen molar-refractivity contribution in [1.82, 2.24) is 9.29 Å². The van der Waals surface area contributed by atoms with Gasteiger partial charge in [0, 0.05) is 37.3 Å². The first-order valence-electron chi connectivity index (χ1n) is 6.03. The van der Waals surface area contributed by atoms with Crippen LogP contribution in [0.2, 0.25) is 5.02 Å². The lowest BCUT2D eigenvalue weighted by Gasteiger charge is -2.25. The summed E-state index contributed by atoms with van der Waals surface area (Å²) in [5, 5.41) is 3.31. The van der Waals surface area contributed by atoms with Crippen molar-refractivity contribution >= 4 is 39.2 Å². The van der Waals surface area contributed by atoms with Crippen molar-refractivity contribution in [1.29, 1.82) is 0 Å². The molecule has 1 saturated heterocycles. The molecule has 0 amide bonds. The maximum Gasteiger partial charge on any atom is 0.244 e. The number of sulfonamides is 1. The standard InChI is InChI=1S/C11H16ClN3O2S2/c1-2-13-11-10(12)7-9(8-14-11)19(16,17)15-3-5-18-6-4-15/h7-8H,2-6H2,1H3,(H,13,14). The molecular formula is C11H16ClN3O2S2. The van der Waals surface area contributed by atoms with Gasteiger partial charge in [0.05, 0.1) is 5.02 Å². The lowest BCUT2D eigenvalue weighted by molar-refractivity contribution is 0.443. The normalized spacial score (nSPS) is 17.4. The third kappa shape index (κ3) is 3.34. The number of halogens is 1. The Kier molecular flexibility index (Phi) is 4.94. The molecule has 0 atom stereocenters. The molecule has 1 aliphatic rings. The lowest BCUT2D eigenvalue weighted by Crippen LogP contribution is -2.37. The molecule has 0 radical (unpaired) electrons. The zero-order valence-corrected chi connectivity index (χ0v) is 13.0. The smallest absolute Gasteiger partial charge is 0.244 e. The molecule has 5 nitrogen and oxygen atoms in total. The van der Waals surface area contributed by atoms with Crippen LogP contribution < -0.4 is 5.32 Å². The summed E-state index contributed by atoms with van der Waals surface area (Å²) in [6.07, 6.45) is 1.36. The van der Waals surface area contributed by atoms with Gasteiger partial charge < -0.3 is 5.32 Å². The van der Waals surface area contributed by atoms with Gasteiger partial charge in [-0.25, -0.2) is 13.4 Å². The molecule has 0 aliphatic carbocycles. The topological polar surface area (TPSA) is 62.3 Å². The van der Waals surface area contributed by atoms with E-state index in [1.165, 1.54) is 16.6 Å². The Labute approximate surface area is 122 Å². The van der Waals surface area contributed by atoms with Gasteiger partial charge in [-0.1, -0.05) is 11.6 Å². The molecule has 19 heavy (non-hydrogen) atoms. The number of thioether (sulfide) groups is 1. The highest BCUT2D eigenvalue weighted by Crippen LogP contribution is 2.25. The van der Waals surface area contributed by atoms with Gasteiger partial charge >= 0.3 is 0 Å². The molecular weight excluding hydrogens is 306 g/mol. The number of rotatable bonds is 4. The SMILES string of the molecule is CCNc1ncc(S(=O)(=O)N2CCSCC2)cc1Cl. The van der Waals surface area contributed by atoms with Gasteiger partial charge in [-0.2, -0.15) is 16.1 Å². The summed E-state index contributed by atoms with van der Waals surface area (Å²) in [6.45, 7) is 3.69. The largest absolute Gasteiger partial charge is 0.369 e. The maximum atomic E-state index is 12.4. The molecule has 0 bridgehead atoms. The molecule has 2 rings (SSSR count). The Balaban J connectivity index is 2.27. The predicted octanol–water partition coefficient (Wildman–Crippen LogP) is 1.90. The molecule has 0 spiro atoms. The van der Waals surface area contributed by atoms with Crippen molar-refractivity contribution in [3.05, 3.63) is 17.3 Å². The molecule has 0 saturated carbocycles. The average Bonchev–Trinajstić information content (AvgIpc) is 2.42. The van der Waals surface area contributed by atoms with Crippen molar-refractivity contribution in [2.24, 2.45) is 0 Å². The summed E-state index contributed by atoms with van der Waals surface area (Å²) in [7, 11) is -3.47. The van der Waals surface area contributed by atoms with E-state index in [2.05, 4.69) is 10.3 Å². The van der Waals surface area contributed by atoms with E-state index < -0.39 is 10.0 Å². The fourth-order valence-electron chi connectivity index (χ4n) is 1.79. The Bertz CT molecular complexity index is 545. The summed E-state index contributed by atoms with van der Waals surface area (Å²) < 4.78 is 26.3. The van der Waals surface area contributed by atoms with Gasteiger partial charge in [0.1, 0.15) is 10.7 Å². The van der Waals surface area contributed by atoms with Crippen LogP contribution in [0.1, 0.15) is 6.92 Å². The highest BCUT2D eigenvalue weighted by molar-refractivity contribution is 7.99. The Morgan fingerprint density at radius 1 is 1.47 bits per heavy atom. The first kappa shape index (κ1) is 14.9. The van der Waals surface area contributed by atoms with Crippen molar-refractivity contribution in [3.63, 3.8) is 0 Å². The molecule has 0 aromatic carbocycles. The maximum absolute atomic E-state index is 12.4. The Morgan fingerprint density at radius 3 is 2.74 bits per heavy atom. The van der Waals surface area contributed by atoms with Gasteiger partial charge in [0.2, 0.25) is 10.0 Å². The van der Waals surface area contributed by atoms with Crippen molar-refractivity contribution < 1.29 is 8.42 Å². The zero-order chi connectivity index (χ0) is 13.9. The van der Waals surface area contributed by atoms with Crippen LogP contribution in [0.4, 0.5) is 5.82 Å². The highest BCUT2D eigenvalue weighted by atomic mass is 35.5. The number of aromatic nitrogens is 1. The Morgan fingerprint density at radius 2 is 2.16 bits per heavy atom. The number of pyridine rings is 1. The third-order valence-electron chi connectivity index (χ3n) is 2.77. The first-order chi connectivity index (χ1) is 9.05. The minimum Gasteiger partial charge on any atom is -0.369 e. The zero-order valence-electron chi connectivity index (χ0n) is 10.6. The highest BCUT2D eigenvalue weighted by Gasteiger charge is 2.27. The molecule has 1 aliphatic heterocycles. The van der Waals surface area contributed by atoms with Crippen LogP contribution in [-0.4, -0.2) is 48.8 Å². The summed E-state index contributed by atoms with van der Waals surface area (Å²) in [5.74, 6) is 2.17. The second kappa shape index (κ2) is 6.30. The first-order valence-corrected chi connectivity index (χ1v) is 9.00. The van der Waals surface area contributed by atoms with Crippen LogP contribution >= 0.6 is 23.4 Å². The second-order valence-electron chi connectivity index (χ2n) is 4.05. The van der Waals surface area contributed by atoms with Gasteiger partial charge in [0.25, 0.3) is 0 Å². The summed E-state index contributed by atoms with van der Waals surface area (Å²) in [6, 6.07) is 1.46. The molecule has 1 aromatic heterocycles. The number of anilines is 1. The van der Waals surface area contributed by atoms with E-state index in [0.717, 1.165) is 11.5 Å². The van der Waals surface area contributed by atoms with Crippen LogP contribution in [0.15, 0.2) is 17.2 Å². The van der Waals surface area contributed by atoms with Gasteiger partial charge in [-0.3, -0.25) is 0 Å². The monoisotopic (exact) mass is 321 g/mol. The number of nitrogens with one attached hydrogen (secondary N) is 1. The Hall–Kier alpha value is -0.500. The van der Waals surface area contributed by atoms with Crippen LogP contribution in [0, 0.1) is 0 Å². The van der Waals surface area contributed by atoms with Crippen LogP contribution in [0.3, 0.4) is 0 Å². The molecule has 8 heteroatoms. The van der Waals surface area contributed by atoms with Crippen molar-refractivity contribution in [3.8, 4) is 0 Å². The van der Waals surface area contributed by atoms with E-state index in [9.17, 15) is 8.42 Å². The van der Waals surface area contributed by atoms with E-state index in [4.69, 9.17) is 11.6 Å². The minimum absolute atomic E-state index is 0.158. The molecule has 1 aromatic rings. The van der Waals surface area contributed by atoms with Crippen LogP contribution in [-0.2, 0) is 10.0 Å². The second-order valence-corrected chi connectivity index (χ2v) is 7.62. The number of hydrogen-bond acceptors (Lipinski definition) is 5. The lowest BCUT2D eigenvalue weighted by atomic mass is 10.4. The van der Waals surface area contributed by atoms with Crippen molar-refractivity contribution in [2.45, 2.75) is 11.8 Å². The molecule has 1 fully saturated rings. The number of hydrogen-bond donors (Lipinski definition) is 1. The fourth-order valence-corrected chi connectivity index (χ4v) is 4.64. The van der Waals surface area contributed by atoms with E-state index in [1.807, 2.05) is 6.92 Å². The van der Waals surface area contributed by atoms with Gasteiger partial charge in [-0.15, -0.1) is 0 Å². The average molecular weight is 322 g/mol. The third-order valence-corrected chi connectivity index (χ3v) is 5.86. The molecule has 0 unspecified atom stereocenters. The predicted molar refractivity (Wildman–Crippen MR) is 79.5 cm³/mol. The minimum atomic E-state index is -3.47. The summed E-state index contributed by atoms with van der Waals surface area (Å²) in [5.41, 5.74) is 0. The number of nitrogens with zero attached hydrogens (tertiary/aromatic N) is 2. The van der Waals surface area contributed by atoms with Gasteiger partial charge in [-0.05, 0) is 13.0 Å². The van der Waals surface area contributed by atoms with E-state index in [1.54, 1.807) is 11.8 Å². The molecule has 1 N–H and O–H groups in total. The van der Waals surface area contributed by atoms with E-state index in [0.29, 0.717) is 30.5 Å². The van der Waals surface area contributed by atoms with E-state index >= 15 is 0 Å². The molecule has 106 valence electrons. The van der Waals surface area contributed by atoms with Crippen molar-refractivity contribution in [2.75, 3.05) is 36.5 Å². The molecule has 2 heterocycles. The summed E-state index contributed by atoms with van der Waals surface area (Å²) >= 11 is 7.81. The van der Waals surface area contributed by atoms with Crippen LogP contribution in [0.5, 0.6) is 0 Å². The fraction of sp³-hybridized carbons (Fsp3) is 0.545. The van der Waals surface area contributed by atoms with Crippen LogP contribution in [0.25, 0.3) is 0 Å². The van der Waals surface area contributed by atoms with Gasteiger partial charge in [0.15, 0.2) is 0 Å². The quantitative estimate of drug-likeness (QED) is 0.917. The summed E-state index contributed by atoms with van der Waals surface area (Å²) in [4.78, 5) is 4.23.